The van der Waals surface area contributed by atoms with Crippen molar-refractivity contribution in [1.82, 2.24) is 0 Å². The van der Waals surface area contributed by atoms with Crippen LogP contribution in [0.15, 0.2) is 16.5 Å². The van der Waals surface area contributed by atoms with Crippen molar-refractivity contribution in [1.29, 1.82) is 0 Å². The van der Waals surface area contributed by atoms with E-state index in [1.807, 2.05) is 6.92 Å². The predicted octanol–water partition coefficient (Wildman–Crippen LogP) is 0.731. The molecule has 2 fully saturated rings. The zero-order valence-electron chi connectivity index (χ0n) is 17.4. The standard InChI is InChI=1S/C21H30O9/c1-10(11(2)22)21-17(30-21)8-16-20(26)19(25)12(9-28-16)6-13(23)7-14(24)15-4-5-18(27-3)29-15/h4-5,10-12,16-17,19-22,25-26H,6-9H2,1-3H3/t10-,11-,12-,16-,17-,19+,20-,21-/m0/s1. The van der Waals surface area contributed by atoms with E-state index in [2.05, 4.69) is 0 Å². The minimum Gasteiger partial charge on any atom is -0.468 e. The minimum absolute atomic E-state index is 0.0299. The third-order valence-corrected chi connectivity index (χ3v) is 6.01. The van der Waals surface area contributed by atoms with Crippen LogP contribution in [-0.2, 0) is 14.3 Å². The number of carbonyl (C=O) groups is 2. The molecule has 168 valence electrons. The molecule has 2 aliphatic rings. The topological polar surface area (TPSA) is 139 Å². The fraction of sp³-hybridized carbons (Fsp3) is 0.714. The van der Waals surface area contributed by atoms with E-state index < -0.39 is 36.1 Å². The number of epoxide rings is 1. The van der Waals surface area contributed by atoms with Crippen LogP contribution in [0.25, 0.3) is 0 Å². The zero-order valence-corrected chi connectivity index (χ0v) is 17.4. The summed E-state index contributed by atoms with van der Waals surface area (Å²) in [5, 5.41) is 30.5. The summed E-state index contributed by atoms with van der Waals surface area (Å²) in [4.78, 5) is 24.4. The third-order valence-electron chi connectivity index (χ3n) is 6.01. The van der Waals surface area contributed by atoms with Gasteiger partial charge in [-0.1, -0.05) is 6.92 Å². The maximum Gasteiger partial charge on any atom is 0.284 e. The van der Waals surface area contributed by atoms with Gasteiger partial charge in [0.2, 0.25) is 5.78 Å². The van der Waals surface area contributed by atoms with Crippen LogP contribution in [-0.4, -0.2) is 77.2 Å². The molecule has 3 rings (SSSR count). The van der Waals surface area contributed by atoms with Crippen molar-refractivity contribution < 1.29 is 43.5 Å². The van der Waals surface area contributed by atoms with Gasteiger partial charge in [-0.2, -0.15) is 0 Å². The molecule has 3 N–H and O–H groups in total. The Labute approximate surface area is 174 Å². The lowest BCUT2D eigenvalue weighted by Gasteiger charge is -2.37. The average molecular weight is 426 g/mol. The first-order valence-electron chi connectivity index (χ1n) is 10.2. The van der Waals surface area contributed by atoms with Crippen LogP contribution >= 0.6 is 0 Å². The van der Waals surface area contributed by atoms with Gasteiger partial charge in [0.05, 0.1) is 50.7 Å². The Balaban J connectivity index is 1.46. The molecule has 0 aromatic carbocycles. The summed E-state index contributed by atoms with van der Waals surface area (Å²) < 4.78 is 21.3. The molecule has 9 nitrogen and oxygen atoms in total. The second-order valence-electron chi connectivity index (χ2n) is 8.25. The summed E-state index contributed by atoms with van der Waals surface area (Å²) in [5.41, 5.74) is 0. The highest BCUT2D eigenvalue weighted by Gasteiger charge is 2.48. The van der Waals surface area contributed by atoms with Crippen LogP contribution in [0.2, 0.25) is 0 Å². The van der Waals surface area contributed by atoms with Gasteiger partial charge in [0.1, 0.15) is 11.9 Å². The van der Waals surface area contributed by atoms with E-state index in [0.29, 0.717) is 6.42 Å². The van der Waals surface area contributed by atoms with Gasteiger partial charge in [0, 0.05) is 30.7 Å². The number of hydrogen-bond acceptors (Lipinski definition) is 9. The van der Waals surface area contributed by atoms with Gasteiger partial charge in [0.15, 0.2) is 5.76 Å². The average Bonchev–Trinajstić information content (AvgIpc) is 3.29. The quantitative estimate of drug-likeness (QED) is 0.281. The van der Waals surface area contributed by atoms with Gasteiger partial charge in [-0.05, 0) is 13.0 Å². The molecule has 2 aliphatic heterocycles. The first-order valence-corrected chi connectivity index (χ1v) is 10.2. The maximum atomic E-state index is 12.3. The van der Waals surface area contributed by atoms with Gasteiger partial charge in [-0.25, -0.2) is 0 Å². The highest BCUT2D eigenvalue weighted by atomic mass is 16.6. The molecule has 0 saturated carbocycles. The normalized spacial score (nSPS) is 33.0. The van der Waals surface area contributed by atoms with Crippen LogP contribution < -0.4 is 4.74 Å². The lowest BCUT2D eigenvalue weighted by atomic mass is 9.86. The smallest absolute Gasteiger partial charge is 0.284 e. The second-order valence-corrected chi connectivity index (χ2v) is 8.25. The molecule has 2 saturated heterocycles. The molecule has 0 amide bonds. The molecule has 3 heterocycles. The number of furan rings is 1. The number of rotatable bonds is 10. The van der Waals surface area contributed by atoms with E-state index in [9.17, 15) is 24.9 Å². The van der Waals surface area contributed by atoms with E-state index in [0.717, 1.165) is 0 Å². The molecule has 1 aromatic rings. The fourth-order valence-electron chi connectivity index (χ4n) is 3.85. The number of ether oxygens (including phenoxy) is 3. The number of Topliss-reactive ketones (excluding diaryl/α,β-unsaturated/α-hetero) is 2. The van der Waals surface area contributed by atoms with Crippen molar-refractivity contribution >= 4 is 11.6 Å². The van der Waals surface area contributed by atoms with E-state index in [4.69, 9.17) is 18.6 Å². The highest BCUT2D eigenvalue weighted by Crippen LogP contribution is 2.37. The van der Waals surface area contributed by atoms with Crippen molar-refractivity contribution in [3.8, 4) is 5.95 Å². The molecular weight excluding hydrogens is 396 g/mol. The monoisotopic (exact) mass is 426 g/mol. The predicted molar refractivity (Wildman–Crippen MR) is 103 cm³/mol. The lowest BCUT2D eigenvalue weighted by Crippen LogP contribution is -2.51. The lowest BCUT2D eigenvalue weighted by molar-refractivity contribution is -0.170. The van der Waals surface area contributed by atoms with E-state index in [1.165, 1.54) is 19.2 Å². The van der Waals surface area contributed by atoms with Crippen LogP contribution in [0.4, 0.5) is 0 Å². The minimum atomic E-state index is -1.16. The molecule has 8 atom stereocenters. The number of aliphatic hydroxyl groups is 3. The number of hydrogen-bond donors (Lipinski definition) is 3. The van der Waals surface area contributed by atoms with Crippen LogP contribution in [0.3, 0.4) is 0 Å². The number of carbonyl (C=O) groups excluding carboxylic acids is 2. The molecule has 0 bridgehead atoms. The van der Waals surface area contributed by atoms with E-state index in [1.54, 1.807) is 6.92 Å². The maximum absolute atomic E-state index is 12.3. The van der Waals surface area contributed by atoms with Crippen LogP contribution in [0.5, 0.6) is 5.95 Å². The Morgan fingerprint density at radius 1 is 1.20 bits per heavy atom. The molecule has 0 unspecified atom stereocenters. The Bertz CT molecular complexity index is 743. The molecule has 30 heavy (non-hydrogen) atoms. The van der Waals surface area contributed by atoms with Crippen molar-refractivity contribution in [2.24, 2.45) is 11.8 Å². The SMILES string of the molecule is COc1ccc(C(=O)CC(=O)C[C@H]2CO[C@@H](C[C@@H]3O[C@H]3[C@@H](C)[C@H](C)O)[C@H](O)[C@@H]2O)o1. The molecule has 1 aromatic heterocycles. The number of aliphatic hydroxyl groups excluding tert-OH is 3. The molecule has 9 heteroatoms. The summed E-state index contributed by atoms with van der Waals surface area (Å²) in [6.07, 6.45) is -3.69. The Morgan fingerprint density at radius 2 is 1.93 bits per heavy atom. The first kappa shape index (κ1) is 22.9. The van der Waals surface area contributed by atoms with Gasteiger partial charge in [-0.15, -0.1) is 0 Å². The molecular formula is C21H30O9. The summed E-state index contributed by atoms with van der Waals surface area (Å²) in [7, 11) is 1.41. The Kier molecular flexibility index (Phi) is 7.30. The molecule has 0 radical (unpaired) electrons. The number of methoxy groups -OCH3 is 1. The summed E-state index contributed by atoms with van der Waals surface area (Å²) >= 11 is 0. The summed E-state index contributed by atoms with van der Waals surface area (Å²) in [6.45, 7) is 3.69. The third kappa shape index (κ3) is 5.28. The summed E-state index contributed by atoms with van der Waals surface area (Å²) in [6, 6.07) is 2.93. The van der Waals surface area contributed by atoms with Crippen molar-refractivity contribution in [2.75, 3.05) is 13.7 Å². The van der Waals surface area contributed by atoms with E-state index >= 15 is 0 Å². The highest BCUT2D eigenvalue weighted by molar-refractivity contribution is 6.06. The fourth-order valence-corrected chi connectivity index (χ4v) is 3.85. The zero-order chi connectivity index (χ0) is 22.0. The Morgan fingerprint density at radius 3 is 2.57 bits per heavy atom. The van der Waals surface area contributed by atoms with Gasteiger partial charge < -0.3 is 33.9 Å². The van der Waals surface area contributed by atoms with Gasteiger partial charge in [0.25, 0.3) is 5.95 Å². The van der Waals surface area contributed by atoms with Crippen LogP contribution in [0, 0.1) is 11.8 Å². The first-order chi connectivity index (χ1) is 14.2. The Hall–Kier alpha value is -1.78. The van der Waals surface area contributed by atoms with Crippen LogP contribution in [0.1, 0.15) is 43.7 Å². The van der Waals surface area contributed by atoms with Crippen molar-refractivity contribution in [3.05, 3.63) is 17.9 Å². The van der Waals surface area contributed by atoms with Crippen molar-refractivity contribution in [2.45, 2.75) is 69.7 Å². The summed E-state index contributed by atoms with van der Waals surface area (Å²) in [5.74, 6) is -1.26. The largest absolute Gasteiger partial charge is 0.468 e. The number of ketones is 2. The van der Waals surface area contributed by atoms with Gasteiger partial charge >= 0.3 is 0 Å². The second kappa shape index (κ2) is 9.57. The molecule has 0 spiro atoms. The molecule has 0 aliphatic carbocycles. The van der Waals surface area contributed by atoms with Crippen molar-refractivity contribution in [3.63, 3.8) is 0 Å². The van der Waals surface area contributed by atoms with E-state index in [-0.39, 0.29) is 55.1 Å². The van der Waals surface area contributed by atoms with Gasteiger partial charge in [-0.3, -0.25) is 9.59 Å².